The summed E-state index contributed by atoms with van der Waals surface area (Å²) in [6, 6.07) is 11.6. The van der Waals surface area contributed by atoms with Crippen LogP contribution in [0.4, 0.5) is 11.4 Å². The molecule has 0 aromatic heterocycles. The fourth-order valence-electron chi connectivity index (χ4n) is 3.19. The van der Waals surface area contributed by atoms with Gasteiger partial charge in [0.1, 0.15) is 19.1 Å². The Morgan fingerprint density at radius 1 is 1.18 bits per heavy atom. The van der Waals surface area contributed by atoms with E-state index in [-0.39, 0.29) is 16.0 Å². The minimum Gasteiger partial charge on any atom is -0.495 e. The normalized spacial score (nSPS) is 17.0. The molecule has 1 aliphatic heterocycles. The minimum atomic E-state index is -3.66. The molecule has 0 bridgehead atoms. The second-order valence-electron chi connectivity index (χ2n) is 8.08. The first kappa shape index (κ1) is 25.2. The summed E-state index contributed by atoms with van der Waals surface area (Å²) in [4.78, 5) is 1.55. The van der Waals surface area contributed by atoms with E-state index in [0.717, 1.165) is 0 Å². The van der Waals surface area contributed by atoms with Gasteiger partial charge in [-0.3, -0.25) is 4.90 Å². The average molecular weight is 512 g/mol. The molecule has 0 spiro atoms. The summed E-state index contributed by atoms with van der Waals surface area (Å²) in [7, 11) is -4.72. The van der Waals surface area contributed by atoms with Crippen LogP contribution in [0.5, 0.6) is 5.75 Å². The van der Waals surface area contributed by atoms with E-state index >= 15 is 0 Å². The molecule has 3 rings (SSSR count). The molecule has 1 aliphatic rings. The molecule has 0 saturated heterocycles. The Labute approximate surface area is 199 Å². The van der Waals surface area contributed by atoms with Crippen molar-refractivity contribution in [2.24, 2.45) is 15.9 Å². The molecule has 2 aromatic carbocycles. The van der Waals surface area contributed by atoms with Gasteiger partial charge in [0, 0.05) is 5.30 Å². The second-order valence-corrected chi connectivity index (χ2v) is 14.2. The van der Waals surface area contributed by atoms with Crippen LogP contribution < -0.4 is 26.0 Å². The van der Waals surface area contributed by atoms with Gasteiger partial charge in [0.2, 0.25) is 5.96 Å². The molecule has 9 nitrogen and oxygen atoms in total. The number of guanidine groups is 1. The third kappa shape index (κ3) is 5.09. The molecule has 0 saturated carbocycles. The highest BCUT2D eigenvalue weighted by molar-refractivity contribution is 7.92. The van der Waals surface area contributed by atoms with Gasteiger partial charge in [-0.15, -0.1) is 10.2 Å². The lowest BCUT2D eigenvalue weighted by molar-refractivity contribution is 0.417. The molecule has 1 atom stereocenters. The Kier molecular flexibility index (Phi) is 7.24. The van der Waals surface area contributed by atoms with Crippen molar-refractivity contribution in [3.8, 4) is 5.75 Å². The quantitative estimate of drug-likeness (QED) is 0.570. The second kappa shape index (κ2) is 9.46. The molecular formula is C21H27ClN5O4PS. The third-order valence-corrected chi connectivity index (χ3v) is 9.11. The van der Waals surface area contributed by atoms with Gasteiger partial charge < -0.3 is 20.4 Å². The first-order valence-corrected chi connectivity index (χ1v) is 14.6. The lowest BCUT2D eigenvalue weighted by atomic mass is 10.2. The summed E-state index contributed by atoms with van der Waals surface area (Å²) in [6.45, 7) is 6.54. The number of methoxy groups -OCH3 is 1. The Hall–Kier alpha value is -2.39. The van der Waals surface area contributed by atoms with E-state index < -0.39 is 28.4 Å². The highest BCUT2D eigenvalue weighted by Crippen LogP contribution is 2.38. The van der Waals surface area contributed by atoms with E-state index in [1.54, 1.807) is 63.6 Å². The van der Waals surface area contributed by atoms with Gasteiger partial charge in [-0.25, -0.2) is 8.42 Å². The van der Waals surface area contributed by atoms with Crippen molar-refractivity contribution >= 4 is 56.4 Å². The van der Waals surface area contributed by atoms with Crippen molar-refractivity contribution in [3.05, 3.63) is 42.5 Å². The molecule has 1 unspecified atom stereocenters. The van der Waals surface area contributed by atoms with Crippen LogP contribution in [0.2, 0.25) is 0 Å². The molecule has 12 heteroatoms. The van der Waals surface area contributed by atoms with Crippen LogP contribution >= 0.6 is 18.7 Å². The number of nitrogens with one attached hydrogen (secondary N) is 1. The summed E-state index contributed by atoms with van der Waals surface area (Å²) in [5, 5.41) is 11.1. The maximum Gasteiger partial charge on any atom is 0.229 e. The van der Waals surface area contributed by atoms with Crippen molar-refractivity contribution in [2.45, 2.75) is 30.2 Å². The SMILES string of the molecule is COc1ccc(P(C)(C)=O)cc1NC1=NN=C(Cl)C(N)N1c1ccccc1S(=O)(=O)C(C)C. The molecule has 0 radical (unpaired) electrons. The molecule has 0 fully saturated rings. The zero-order valence-electron chi connectivity index (χ0n) is 19.0. The lowest BCUT2D eigenvalue weighted by Crippen LogP contribution is -2.54. The summed E-state index contributed by atoms with van der Waals surface area (Å²) in [6.07, 6.45) is -0.993. The van der Waals surface area contributed by atoms with Gasteiger partial charge in [0.05, 0.1) is 28.6 Å². The number of nitrogens with zero attached hydrogens (tertiary/aromatic N) is 3. The summed E-state index contributed by atoms with van der Waals surface area (Å²) in [5.74, 6) is 0.600. The van der Waals surface area contributed by atoms with Crippen LogP contribution in [0.15, 0.2) is 57.6 Å². The Morgan fingerprint density at radius 2 is 1.85 bits per heavy atom. The smallest absolute Gasteiger partial charge is 0.229 e. The maximum absolute atomic E-state index is 13.1. The van der Waals surface area contributed by atoms with Gasteiger partial charge in [-0.1, -0.05) is 23.7 Å². The van der Waals surface area contributed by atoms with E-state index in [1.165, 1.54) is 18.1 Å². The first-order valence-electron chi connectivity index (χ1n) is 10.1. The van der Waals surface area contributed by atoms with Crippen molar-refractivity contribution in [1.82, 2.24) is 0 Å². The molecular weight excluding hydrogens is 485 g/mol. The van der Waals surface area contributed by atoms with Crippen molar-refractivity contribution < 1.29 is 17.7 Å². The number of anilines is 2. The zero-order valence-corrected chi connectivity index (χ0v) is 21.4. The fourth-order valence-corrected chi connectivity index (χ4v) is 5.43. The molecule has 1 heterocycles. The summed E-state index contributed by atoms with van der Waals surface area (Å²) < 4.78 is 44.2. The van der Waals surface area contributed by atoms with Gasteiger partial charge in [-0.2, -0.15) is 0 Å². The predicted molar refractivity (Wildman–Crippen MR) is 136 cm³/mol. The molecule has 0 amide bonds. The number of benzene rings is 2. The number of sulfone groups is 1. The molecule has 0 aliphatic carbocycles. The largest absolute Gasteiger partial charge is 0.495 e. The van der Waals surface area contributed by atoms with Gasteiger partial charge in [0.15, 0.2) is 15.0 Å². The Bertz CT molecular complexity index is 1270. The van der Waals surface area contributed by atoms with Crippen LogP contribution in [0, 0.1) is 0 Å². The maximum atomic E-state index is 13.1. The number of hydrogen-bond donors (Lipinski definition) is 2. The van der Waals surface area contributed by atoms with Crippen LogP contribution in [-0.4, -0.2) is 51.4 Å². The van der Waals surface area contributed by atoms with E-state index in [1.807, 2.05) is 0 Å². The van der Waals surface area contributed by atoms with E-state index in [2.05, 4.69) is 15.5 Å². The first-order chi connectivity index (χ1) is 15.4. The third-order valence-electron chi connectivity index (χ3n) is 5.09. The standard InChI is InChI=1S/C21H27ClN5O4PS/c1-13(2)33(29,30)18-9-7-6-8-16(18)27-20(23)19(22)25-26-21(27)24-15-12-14(32(4,5)28)10-11-17(15)31-3/h6-13,20H,23H2,1-5H3,(H,24,26). The fraction of sp³-hybridized carbons (Fsp3) is 0.333. The monoisotopic (exact) mass is 511 g/mol. The topological polar surface area (TPSA) is 126 Å². The van der Waals surface area contributed by atoms with E-state index in [0.29, 0.717) is 22.4 Å². The van der Waals surface area contributed by atoms with Crippen LogP contribution in [-0.2, 0) is 14.4 Å². The molecule has 3 N–H and O–H groups in total. The predicted octanol–water partition coefficient (Wildman–Crippen LogP) is 3.25. The summed E-state index contributed by atoms with van der Waals surface area (Å²) >= 11 is 6.19. The van der Waals surface area contributed by atoms with Gasteiger partial charge in [0.25, 0.3) is 0 Å². The lowest BCUT2D eigenvalue weighted by Gasteiger charge is -2.34. The average Bonchev–Trinajstić information content (AvgIpc) is 2.75. The van der Waals surface area contributed by atoms with Crippen molar-refractivity contribution in [3.63, 3.8) is 0 Å². The highest BCUT2D eigenvalue weighted by Gasteiger charge is 2.33. The Morgan fingerprint density at radius 3 is 2.45 bits per heavy atom. The highest BCUT2D eigenvalue weighted by atomic mass is 35.5. The Balaban J connectivity index is 2.16. The molecule has 2 aromatic rings. The number of hydrogen-bond acceptors (Lipinski definition) is 9. The van der Waals surface area contributed by atoms with Crippen molar-refractivity contribution in [1.29, 1.82) is 0 Å². The van der Waals surface area contributed by atoms with Crippen molar-refractivity contribution in [2.75, 3.05) is 30.7 Å². The number of nitrogens with two attached hydrogens (primary N) is 1. The van der Waals surface area contributed by atoms with Gasteiger partial charge >= 0.3 is 0 Å². The van der Waals surface area contributed by atoms with Crippen LogP contribution in [0.1, 0.15) is 13.8 Å². The minimum absolute atomic E-state index is 0.00960. The number of ether oxygens (including phenoxy) is 1. The van der Waals surface area contributed by atoms with Crippen LogP contribution in [0.25, 0.3) is 0 Å². The van der Waals surface area contributed by atoms with Gasteiger partial charge in [-0.05, 0) is 57.5 Å². The molecule has 178 valence electrons. The summed E-state index contributed by atoms with van der Waals surface area (Å²) in [5.41, 5.74) is 7.09. The number of halogens is 1. The van der Waals surface area contributed by atoms with Crippen LogP contribution in [0.3, 0.4) is 0 Å². The number of rotatable bonds is 6. The van der Waals surface area contributed by atoms with E-state index in [9.17, 15) is 13.0 Å². The zero-order chi connectivity index (χ0) is 24.6. The number of para-hydroxylation sites is 1. The van der Waals surface area contributed by atoms with E-state index in [4.69, 9.17) is 22.1 Å². The molecule has 33 heavy (non-hydrogen) atoms.